The van der Waals surface area contributed by atoms with Gasteiger partial charge in [-0.05, 0) is 37.3 Å². The molecule has 0 aliphatic carbocycles. The normalized spacial score (nSPS) is 11.0. The van der Waals surface area contributed by atoms with E-state index in [0.717, 1.165) is 11.4 Å². The molecular formula is C17H12N4O3. The van der Waals surface area contributed by atoms with Gasteiger partial charge in [0.1, 0.15) is 11.2 Å². The van der Waals surface area contributed by atoms with Crippen LogP contribution in [0, 0.1) is 6.92 Å². The molecule has 3 aromatic heterocycles. The summed E-state index contributed by atoms with van der Waals surface area (Å²) in [5.41, 5.74) is 3.67. The molecule has 0 amide bonds. The second-order valence-electron chi connectivity index (χ2n) is 5.33. The molecule has 24 heavy (non-hydrogen) atoms. The number of carboxylic acids is 1. The summed E-state index contributed by atoms with van der Waals surface area (Å²) >= 11 is 0. The molecule has 7 nitrogen and oxygen atoms in total. The van der Waals surface area contributed by atoms with Gasteiger partial charge in [0.15, 0.2) is 5.58 Å². The van der Waals surface area contributed by atoms with Crippen LogP contribution in [0.5, 0.6) is 0 Å². The average Bonchev–Trinajstić information content (AvgIpc) is 3.20. The Labute approximate surface area is 136 Å². The molecule has 0 saturated carbocycles. The number of aromatic carboxylic acids is 1. The number of pyridine rings is 1. The van der Waals surface area contributed by atoms with Crippen molar-refractivity contribution < 1.29 is 14.3 Å². The molecule has 3 heterocycles. The van der Waals surface area contributed by atoms with Crippen LogP contribution >= 0.6 is 0 Å². The fourth-order valence-electron chi connectivity index (χ4n) is 2.44. The summed E-state index contributed by atoms with van der Waals surface area (Å²) in [4.78, 5) is 23.5. The minimum atomic E-state index is -1.09. The molecule has 0 fully saturated rings. The van der Waals surface area contributed by atoms with Crippen molar-refractivity contribution in [2.75, 3.05) is 0 Å². The van der Waals surface area contributed by atoms with E-state index in [9.17, 15) is 4.79 Å². The maximum atomic E-state index is 11.0. The Morgan fingerprint density at radius 2 is 2.08 bits per heavy atom. The molecule has 0 atom stereocenters. The molecule has 1 aromatic carbocycles. The van der Waals surface area contributed by atoms with E-state index in [-0.39, 0.29) is 5.69 Å². The van der Waals surface area contributed by atoms with Crippen molar-refractivity contribution in [1.29, 1.82) is 0 Å². The summed E-state index contributed by atoms with van der Waals surface area (Å²) < 4.78 is 7.63. The number of hydrogen-bond donors (Lipinski definition) is 1. The zero-order valence-corrected chi connectivity index (χ0v) is 12.7. The lowest BCUT2D eigenvalue weighted by Crippen LogP contribution is -1.99. The number of carboxylic acid groups (broad SMARTS) is 1. The van der Waals surface area contributed by atoms with Crippen molar-refractivity contribution >= 4 is 17.1 Å². The molecule has 0 saturated heterocycles. The second kappa shape index (κ2) is 5.31. The first-order valence-electron chi connectivity index (χ1n) is 7.21. The molecule has 1 N–H and O–H groups in total. The van der Waals surface area contributed by atoms with Gasteiger partial charge in [0.2, 0.25) is 5.89 Å². The summed E-state index contributed by atoms with van der Waals surface area (Å²) in [6.45, 7) is 1.92. The zero-order chi connectivity index (χ0) is 16.7. The fourth-order valence-corrected chi connectivity index (χ4v) is 2.44. The molecule has 0 aliphatic rings. The van der Waals surface area contributed by atoms with Crippen LogP contribution in [0.25, 0.3) is 28.2 Å². The second-order valence-corrected chi connectivity index (χ2v) is 5.33. The van der Waals surface area contributed by atoms with Gasteiger partial charge < -0.3 is 14.1 Å². The van der Waals surface area contributed by atoms with Gasteiger partial charge in [0.05, 0.1) is 12.0 Å². The van der Waals surface area contributed by atoms with Crippen LogP contribution in [-0.2, 0) is 0 Å². The smallest absolute Gasteiger partial charge is 0.354 e. The maximum absolute atomic E-state index is 11.0. The van der Waals surface area contributed by atoms with Crippen molar-refractivity contribution in [3.8, 4) is 17.1 Å². The summed E-state index contributed by atoms with van der Waals surface area (Å²) in [7, 11) is 0. The first kappa shape index (κ1) is 14.1. The summed E-state index contributed by atoms with van der Waals surface area (Å²) in [6, 6.07) is 8.73. The minimum Gasteiger partial charge on any atom is -0.477 e. The highest BCUT2D eigenvalue weighted by molar-refractivity contribution is 5.87. The Morgan fingerprint density at radius 3 is 2.83 bits per heavy atom. The predicted octanol–water partition coefficient (Wildman–Crippen LogP) is 3.08. The molecule has 0 spiro atoms. The van der Waals surface area contributed by atoms with E-state index in [2.05, 4.69) is 15.0 Å². The highest BCUT2D eigenvalue weighted by Crippen LogP contribution is 2.26. The van der Waals surface area contributed by atoms with Crippen molar-refractivity contribution in [3.63, 3.8) is 0 Å². The number of imidazole rings is 1. The van der Waals surface area contributed by atoms with E-state index in [1.54, 1.807) is 12.4 Å². The average molecular weight is 320 g/mol. The maximum Gasteiger partial charge on any atom is 0.354 e. The van der Waals surface area contributed by atoms with Gasteiger partial charge in [-0.25, -0.2) is 19.7 Å². The predicted molar refractivity (Wildman–Crippen MR) is 86.1 cm³/mol. The van der Waals surface area contributed by atoms with E-state index in [1.807, 2.05) is 35.9 Å². The number of aryl methyl sites for hydroxylation is 1. The zero-order valence-electron chi connectivity index (χ0n) is 12.7. The van der Waals surface area contributed by atoms with Gasteiger partial charge in [-0.1, -0.05) is 0 Å². The van der Waals surface area contributed by atoms with E-state index in [1.165, 1.54) is 12.3 Å². The Balaban J connectivity index is 1.78. The third-order valence-electron chi connectivity index (χ3n) is 3.61. The third kappa shape index (κ3) is 2.41. The van der Waals surface area contributed by atoms with Gasteiger partial charge in [-0.3, -0.25) is 0 Å². The van der Waals surface area contributed by atoms with E-state index in [0.29, 0.717) is 22.6 Å². The summed E-state index contributed by atoms with van der Waals surface area (Å²) in [6.07, 6.45) is 5.08. The van der Waals surface area contributed by atoms with Gasteiger partial charge in [0, 0.05) is 23.6 Å². The summed E-state index contributed by atoms with van der Waals surface area (Å²) in [5, 5.41) is 9.04. The molecule has 0 aliphatic heterocycles. The fraction of sp³-hybridized carbons (Fsp3) is 0.0588. The number of nitrogens with zero attached hydrogens (tertiary/aromatic N) is 4. The van der Waals surface area contributed by atoms with E-state index >= 15 is 0 Å². The van der Waals surface area contributed by atoms with Gasteiger partial charge >= 0.3 is 5.97 Å². The SMILES string of the molecule is Cc1cn(-c2ccc3oc(-c4ccnc(C(=O)O)c4)nc3c2)cn1. The Morgan fingerprint density at radius 1 is 1.21 bits per heavy atom. The number of benzene rings is 1. The minimum absolute atomic E-state index is 0.0515. The lowest BCUT2D eigenvalue weighted by Gasteiger charge is -1.99. The topological polar surface area (TPSA) is 94.0 Å². The molecule has 4 rings (SSSR count). The monoisotopic (exact) mass is 320 g/mol. The number of oxazole rings is 1. The van der Waals surface area contributed by atoms with E-state index in [4.69, 9.17) is 9.52 Å². The molecule has 0 unspecified atom stereocenters. The van der Waals surface area contributed by atoms with Crippen LogP contribution in [0.3, 0.4) is 0 Å². The first-order chi connectivity index (χ1) is 11.6. The number of carbonyl (C=O) groups is 1. The van der Waals surface area contributed by atoms with Crippen molar-refractivity contribution in [1.82, 2.24) is 19.5 Å². The van der Waals surface area contributed by atoms with Crippen LogP contribution in [-0.4, -0.2) is 30.6 Å². The molecule has 0 radical (unpaired) electrons. The Hall–Kier alpha value is -3.48. The Kier molecular flexibility index (Phi) is 3.13. The first-order valence-corrected chi connectivity index (χ1v) is 7.21. The number of hydrogen-bond acceptors (Lipinski definition) is 5. The van der Waals surface area contributed by atoms with Crippen LogP contribution in [0.1, 0.15) is 16.2 Å². The lowest BCUT2D eigenvalue weighted by molar-refractivity contribution is 0.0690. The standard InChI is InChI=1S/C17H12N4O3/c1-10-8-21(9-19-10)12-2-3-15-13(7-12)20-16(24-15)11-4-5-18-14(6-11)17(22)23/h2-9H,1H3,(H,22,23). The number of aromatic nitrogens is 4. The molecule has 118 valence electrons. The van der Waals surface area contributed by atoms with Crippen LogP contribution in [0.15, 0.2) is 53.5 Å². The van der Waals surface area contributed by atoms with Crippen molar-refractivity contribution in [3.05, 3.63) is 60.4 Å². The number of rotatable bonds is 3. The molecule has 7 heteroatoms. The molecular weight excluding hydrogens is 308 g/mol. The quantitative estimate of drug-likeness (QED) is 0.623. The van der Waals surface area contributed by atoms with Crippen molar-refractivity contribution in [2.45, 2.75) is 6.92 Å². The number of fused-ring (bicyclic) bond motifs is 1. The summed E-state index contributed by atoms with van der Waals surface area (Å²) in [5.74, 6) is -0.736. The van der Waals surface area contributed by atoms with Crippen molar-refractivity contribution in [2.24, 2.45) is 0 Å². The third-order valence-corrected chi connectivity index (χ3v) is 3.61. The Bertz CT molecular complexity index is 1060. The van der Waals surface area contributed by atoms with Crippen LogP contribution in [0.4, 0.5) is 0 Å². The van der Waals surface area contributed by atoms with Gasteiger partial charge in [-0.15, -0.1) is 0 Å². The highest BCUT2D eigenvalue weighted by atomic mass is 16.4. The molecule has 4 aromatic rings. The van der Waals surface area contributed by atoms with E-state index < -0.39 is 5.97 Å². The van der Waals surface area contributed by atoms with Crippen LogP contribution < -0.4 is 0 Å². The highest BCUT2D eigenvalue weighted by Gasteiger charge is 2.12. The largest absolute Gasteiger partial charge is 0.477 e. The molecule has 0 bridgehead atoms. The van der Waals surface area contributed by atoms with Gasteiger partial charge in [-0.2, -0.15) is 0 Å². The van der Waals surface area contributed by atoms with Gasteiger partial charge in [0.25, 0.3) is 0 Å². The van der Waals surface area contributed by atoms with Crippen LogP contribution in [0.2, 0.25) is 0 Å². The lowest BCUT2D eigenvalue weighted by atomic mass is 10.2.